The summed E-state index contributed by atoms with van der Waals surface area (Å²) in [6.07, 6.45) is 1.67. The second-order valence-electron chi connectivity index (χ2n) is 7.38. The monoisotopic (exact) mass is 316 g/mol. The molecular formula is C16H24N2OSi2. The predicted octanol–water partition coefficient (Wildman–Crippen LogP) is 4.74. The smallest absolute Gasteiger partial charge is 0.186 e. The summed E-state index contributed by atoms with van der Waals surface area (Å²) in [7, 11) is -3.30. The Kier molecular flexibility index (Phi) is 4.16. The summed E-state index contributed by atoms with van der Waals surface area (Å²) < 4.78 is 8.46. The fourth-order valence-corrected chi connectivity index (χ4v) is 4.81. The predicted molar refractivity (Wildman–Crippen MR) is 93.5 cm³/mol. The summed E-state index contributed by atoms with van der Waals surface area (Å²) in [6, 6.07) is 10.7. The summed E-state index contributed by atoms with van der Waals surface area (Å²) in [4.78, 5) is 0. The SMILES string of the molecule is C[Si](C)(C)OC(C#N)c1cn([Si](C)(C)C)c2ccccc12. The molecule has 112 valence electrons. The number of nitrogens with zero attached hydrogens (tertiary/aromatic N) is 2. The summed E-state index contributed by atoms with van der Waals surface area (Å²) in [5.41, 5.74) is 2.23. The zero-order valence-electron chi connectivity index (χ0n) is 13.8. The minimum absolute atomic E-state index is 0.473. The van der Waals surface area contributed by atoms with Crippen LogP contribution in [0.4, 0.5) is 0 Å². The Bertz CT molecular complexity index is 687. The standard InChI is InChI=1S/C16H24N2OSi2/c1-20(2,3)18-12-14(13-9-7-8-10-15(13)18)16(11-17)19-21(4,5)6/h7-10,12,16H,1-6H3. The Hall–Kier alpha value is -1.36. The van der Waals surface area contributed by atoms with E-state index in [9.17, 15) is 5.26 Å². The molecule has 0 bridgehead atoms. The van der Waals surface area contributed by atoms with Gasteiger partial charge in [-0.05, 0) is 25.7 Å². The molecule has 0 aliphatic heterocycles. The van der Waals surface area contributed by atoms with E-state index in [2.05, 4.69) is 74.0 Å². The minimum atomic E-state index is -1.77. The fraction of sp³-hybridized carbons (Fsp3) is 0.438. The number of aromatic nitrogens is 1. The molecule has 0 saturated carbocycles. The van der Waals surface area contributed by atoms with E-state index in [1.165, 1.54) is 5.52 Å². The van der Waals surface area contributed by atoms with Crippen molar-refractivity contribution in [1.29, 1.82) is 5.26 Å². The van der Waals surface area contributed by atoms with Crippen LogP contribution in [0.3, 0.4) is 0 Å². The normalized spacial score (nSPS) is 14.1. The molecule has 0 aliphatic carbocycles. The van der Waals surface area contributed by atoms with Gasteiger partial charge in [-0.25, -0.2) is 0 Å². The Morgan fingerprint density at radius 1 is 1.10 bits per heavy atom. The number of hydrogen-bond donors (Lipinski definition) is 0. The lowest BCUT2D eigenvalue weighted by atomic mass is 10.1. The van der Waals surface area contributed by atoms with Crippen LogP contribution in [0.15, 0.2) is 30.5 Å². The number of nitriles is 1. The van der Waals surface area contributed by atoms with Gasteiger partial charge in [0, 0.05) is 22.7 Å². The number of rotatable bonds is 4. The van der Waals surface area contributed by atoms with E-state index >= 15 is 0 Å². The van der Waals surface area contributed by atoms with Crippen molar-refractivity contribution in [2.75, 3.05) is 0 Å². The molecule has 1 atom stereocenters. The summed E-state index contributed by atoms with van der Waals surface area (Å²) in [5.74, 6) is 0. The molecule has 0 aliphatic rings. The molecule has 1 aromatic heterocycles. The highest BCUT2D eigenvalue weighted by atomic mass is 28.4. The lowest BCUT2D eigenvalue weighted by molar-refractivity contribution is 0.256. The van der Waals surface area contributed by atoms with Gasteiger partial charge < -0.3 is 8.66 Å². The molecule has 2 rings (SSSR count). The molecule has 5 heteroatoms. The molecule has 0 spiro atoms. The van der Waals surface area contributed by atoms with Crippen LogP contribution < -0.4 is 0 Å². The van der Waals surface area contributed by atoms with Crippen LogP contribution in [0, 0.1) is 11.3 Å². The van der Waals surface area contributed by atoms with Crippen molar-refractivity contribution >= 4 is 27.5 Å². The Labute approximate surface area is 129 Å². The Balaban J connectivity index is 2.62. The Morgan fingerprint density at radius 3 is 2.24 bits per heavy atom. The van der Waals surface area contributed by atoms with Crippen molar-refractivity contribution < 1.29 is 4.43 Å². The quantitative estimate of drug-likeness (QED) is 0.764. The third-order valence-corrected chi connectivity index (χ3v) is 6.09. The van der Waals surface area contributed by atoms with Crippen LogP contribution >= 0.6 is 0 Å². The second-order valence-corrected chi connectivity index (χ2v) is 16.7. The zero-order chi connectivity index (χ0) is 15.8. The molecule has 2 aromatic rings. The van der Waals surface area contributed by atoms with Gasteiger partial charge in [-0.3, -0.25) is 0 Å². The fourth-order valence-electron chi connectivity index (χ4n) is 2.48. The van der Waals surface area contributed by atoms with Crippen molar-refractivity contribution in [3.63, 3.8) is 0 Å². The summed E-state index contributed by atoms with van der Waals surface area (Å²) >= 11 is 0. The van der Waals surface area contributed by atoms with Gasteiger partial charge in [-0.15, -0.1) is 0 Å². The van der Waals surface area contributed by atoms with Crippen LogP contribution in [0.2, 0.25) is 39.3 Å². The molecule has 1 heterocycles. The van der Waals surface area contributed by atoms with Crippen LogP contribution in [0.1, 0.15) is 11.7 Å². The average Bonchev–Trinajstić information content (AvgIpc) is 2.74. The van der Waals surface area contributed by atoms with E-state index < -0.39 is 22.7 Å². The van der Waals surface area contributed by atoms with Crippen molar-refractivity contribution in [2.24, 2.45) is 0 Å². The number of hydrogen-bond acceptors (Lipinski definition) is 2. The minimum Gasteiger partial charge on any atom is -0.399 e. The number of benzene rings is 1. The molecule has 1 unspecified atom stereocenters. The highest BCUT2D eigenvalue weighted by Crippen LogP contribution is 2.32. The van der Waals surface area contributed by atoms with E-state index in [1.54, 1.807) is 0 Å². The van der Waals surface area contributed by atoms with Gasteiger partial charge in [0.15, 0.2) is 22.7 Å². The third-order valence-electron chi connectivity index (χ3n) is 3.34. The highest BCUT2D eigenvalue weighted by molar-refractivity contribution is 6.75. The van der Waals surface area contributed by atoms with Crippen molar-refractivity contribution in [3.8, 4) is 6.07 Å². The molecule has 3 nitrogen and oxygen atoms in total. The largest absolute Gasteiger partial charge is 0.399 e. The summed E-state index contributed by atoms with van der Waals surface area (Å²) in [5, 5.41) is 10.7. The topological polar surface area (TPSA) is 37.9 Å². The molecule has 1 aromatic carbocycles. The molecule has 21 heavy (non-hydrogen) atoms. The maximum Gasteiger partial charge on any atom is 0.186 e. The lowest BCUT2D eigenvalue weighted by Crippen LogP contribution is -2.31. The first-order valence-electron chi connectivity index (χ1n) is 7.31. The first-order valence-corrected chi connectivity index (χ1v) is 14.2. The zero-order valence-corrected chi connectivity index (χ0v) is 15.8. The number of para-hydroxylation sites is 1. The van der Waals surface area contributed by atoms with Crippen molar-refractivity contribution in [1.82, 2.24) is 4.23 Å². The maximum atomic E-state index is 9.56. The van der Waals surface area contributed by atoms with Gasteiger partial charge in [0.2, 0.25) is 0 Å². The molecular weight excluding hydrogens is 292 g/mol. The highest BCUT2D eigenvalue weighted by Gasteiger charge is 2.27. The van der Waals surface area contributed by atoms with Gasteiger partial charge in [-0.1, -0.05) is 37.8 Å². The van der Waals surface area contributed by atoms with E-state index in [-0.39, 0.29) is 0 Å². The van der Waals surface area contributed by atoms with Gasteiger partial charge in [0.25, 0.3) is 0 Å². The number of fused-ring (bicyclic) bond motifs is 1. The second kappa shape index (κ2) is 5.45. The third kappa shape index (κ3) is 3.46. The average molecular weight is 317 g/mol. The molecule has 0 amide bonds. The van der Waals surface area contributed by atoms with Gasteiger partial charge >= 0.3 is 0 Å². The van der Waals surface area contributed by atoms with Gasteiger partial charge in [-0.2, -0.15) is 5.26 Å². The first-order chi connectivity index (χ1) is 9.63. The lowest BCUT2D eigenvalue weighted by Gasteiger charge is -2.22. The van der Waals surface area contributed by atoms with Crippen LogP contribution in [-0.4, -0.2) is 20.8 Å². The van der Waals surface area contributed by atoms with Crippen LogP contribution in [-0.2, 0) is 4.43 Å². The van der Waals surface area contributed by atoms with Crippen LogP contribution in [0.25, 0.3) is 10.9 Å². The van der Waals surface area contributed by atoms with Gasteiger partial charge in [0.05, 0.1) is 6.07 Å². The van der Waals surface area contributed by atoms with E-state index in [0.717, 1.165) is 10.9 Å². The molecule has 0 fully saturated rings. The maximum absolute atomic E-state index is 9.56. The summed E-state index contributed by atoms with van der Waals surface area (Å²) in [6.45, 7) is 13.3. The van der Waals surface area contributed by atoms with Crippen LogP contribution in [0.5, 0.6) is 0 Å². The first kappa shape index (κ1) is 16.0. The van der Waals surface area contributed by atoms with Crippen molar-refractivity contribution in [3.05, 3.63) is 36.0 Å². The molecule has 0 N–H and O–H groups in total. The molecule has 0 saturated heterocycles. The molecule has 0 radical (unpaired) electrons. The van der Waals surface area contributed by atoms with Crippen molar-refractivity contribution in [2.45, 2.75) is 45.4 Å². The van der Waals surface area contributed by atoms with E-state index in [0.29, 0.717) is 0 Å². The van der Waals surface area contributed by atoms with Gasteiger partial charge in [0.1, 0.15) is 0 Å². The van der Waals surface area contributed by atoms with E-state index in [1.807, 2.05) is 6.07 Å². The van der Waals surface area contributed by atoms with E-state index in [4.69, 9.17) is 4.43 Å². The Morgan fingerprint density at radius 2 is 1.71 bits per heavy atom.